The second-order valence-corrected chi connectivity index (χ2v) is 8.76. The predicted octanol–water partition coefficient (Wildman–Crippen LogP) is 4.71. The van der Waals surface area contributed by atoms with Crippen molar-refractivity contribution in [1.29, 1.82) is 0 Å². The summed E-state index contributed by atoms with van der Waals surface area (Å²) in [5.74, 6) is 0.723. The summed E-state index contributed by atoms with van der Waals surface area (Å²) in [6, 6.07) is 14.3. The molecule has 0 fully saturated rings. The Morgan fingerprint density at radius 3 is 2.94 bits per heavy atom. The van der Waals surface area contributed by atoms with Crippen LogP contribution in [-0.4, -0.2) is 37.8 Å². The third-order valence-corrected chi connectivity index (χ3v) is 5.89. The molecule has 0 saturated heterocycles. The zero-order valence-electron chi connectivity index (χ0n) is 19.2. The lowest BCUT2D eigenvalue weighted by Gasteiger charge is -2.20. The molecular formula is C26H27N7O. The number of amides is 1. The van der Waals surface area contributed by atoms with Crippen LogP contribution in [0, 0.1) is 0 Å². The molecule has 8 nitrogen and oxygen atoms in total. The molecule has 1 amide bonds. The number of aromatic amines is 1. The predicted molar refractivity (Wildman–Crippen MR) is 135 cm³/mol. The quantitative estimate of drug-likeness (QED) is 0.394. The number of dihydropyridines is 1. The van der Waals surface area contributed by atoms with E-state index in [4.69, 9.17) is 4.99 Å². The summed E-state index contributed by atoms with van der Waals surface area (Å²) >= 11 is 0. The molecule has 0 aliphatic carbocycles. The zero-order chi connectivity index (χ0) is 23.5. The molecule has 34 heavy (non-hydrogen) atoms. The van der Waals surface area contributed by atoms with Crippen LogP contribution in [0.4, 0.5) is 11.4 Å². The smallest absolute Gasteiger partial charge is 0.258 e. The van der Waals surface area contributed by atoms with Gasteiger partial charge in [0.2, 0.25) is 0 Å². The van der Waals surface area contributed by atoms with E-state index in [-0.39, 0.29) is 11.9 Å². The van der Waals surface area contributed by atoms with Gasteiger partial charge >= 0.3 is 0 Å². The van der Waals surface area contributed by atoms with E-state index in [1.54, 1.807) is 24.1 Å². The van der Waals surface area contributed by atoms with Crippen LogP contribution in [0.3, 0.4) is 0 Å². The number of aromatic nitrogens is 4. The topological polar surface area (TPSA) is 100.0 Å². The minimum Gasteiger partial charge on any atom is -0.341 e. The van der Waals surface area contributed by atoms with Crippen molar-refractivity contribution in [3.05, 3.63) is 83.8 Å². The molecule has 8 heteroatoms. The Balaban J connectivity index is 1.22. The van der Waals surface area contributed by atoms with E-state index in [2.05, 4.69) is 51.1 Å². The molecule has 0 radical (unpaired) electrons. The number of nitrogens with one attached hydrogen (secondary N) is 3. The maximum absolute atomic E-state index is 12.4. The van der Waals surface area contributed by atoms with Crippen LogP contribution in [0.5, 0.6) is 0 Å². The highest BCUT2D eigenvalue weighted by molar-refractivity contribution is 6.05. The van der Waals surface area contributed by atoms with Crippen LogP contribution in [0.1, 0.15) is 35.7 Å². The lowest BCUT2D eigenvalue weighted by atomic mass is 9.97. The van der Waals surface area contributed by atoms with Crippen molar-refractivity contribution in [3.8, 4) is 0 Å². The number of amidine groups is 1. The number of H-pyrrole nitrogens is 1. The molecule has 0 spiro atoms. The minimum absolute atomic E-state index is 0.160. The Labute approximate surface area is 197 Å². The van der Waals surface area contributed by atoms with Crippen molar-refractivity contribution >= 4 is 34.0 Å². The molecule has 1 aliphatic rings. The van der Waals surface area contributed by atoms with Gasteiger partial charge in [-0.25, -0.2) is 0 Å². The Kier molecular flexibility index (Phi) is 5.95. The van der Waals surface area contributed by atoms with Gasteiger partial charge in [-0.2, -0.15) is 10.2 Å². The molecule has 1 aliphatic heterocycles. The first-order valence-electron chi connectivity index (χ1n) is 11.4. The fourth-order valence-corrected chi connectivity index (χ4v) is 4.23. The maximum atomic E-state index is 12.4. The van der Waals surface area contributed by atoms with E-state index < -0.39 is 0 Å². The van der Waals surface area contributed by atoms with Crippen molar-refractivity contribution in [1.82, 2.24) is 20.0 Å². The number of rotatable bonds is 6. The van der Waals surface area contributed by atoms with E-state index in [1.807, 2.05) is 36.5 Å². The number of carbonyl (C=O) groups excluding carboxylic acids is 1. The van der Waals surface area contributed by atoms with Gasteiger partial charge in [0.05, 0.1) is 29.5 Å². The van der Waals surface area contributed by atoms with Crippen molar-refractivity contribution < 1.29 is 4.79 Å². The summed E-state index contributed by atoms with van der Waals surface area (Å²) in [4.78, 5) is 17.4. The molecule has 172 valence electrons. The fraction of sp³-hybridized carbons (Fsp3) is 0.231. The number of benzene rings is 2. The monoisotopic (exact) mass is 453 g/mol. The average Bonchev–Trinajstić information content (AvgIpc) is 3.46. The van der Waals surface area contributed by atoms with Crippen LogP contribution in [0.15, 0.2) is 77.7 Å². The third kappa shape index (κ3) is 5.06. The van der Waals surface area contributed by atoms with Crippen LogP contribution < -0.4 is 10.6 Å². The first kappa shape index (κ1) is 21.6. The van der Waals surface area contributed by atoms with E-state index in [0.29, 0.717) is 5.56 Å². The first-order chi connectivity index (χ1) is 16.5. The molecule has 2 aromatic heterocycles. The normalized spacial score (nSPS) is 15.6. The van der Waals surface area contributed by atoms with Gasteiger partial charge in [0.1, 0.15) is 5.84 Å². The van der Waals surface area contributed by atoms with Gasteiger partial charge in [0.25, 0.3) is 5.91 Å². The number of carbonyl (C=O) groups is 1. The van der Waals surface area contributed by atoms with Gasteiger partial charge in [0.15, 0.2) is 0 Å². The van der Waals surface area contributed by atoms with Crippen molar-refractivity contribution in [2.24, 2.45) is 12.0 Å². The molecule has 0 bridgehead atoms. The Morgan fingerprint density at radius 2 is 2.09 bits per heavy atom. The lowest BCUT2D eigenvalue weighted by Crippen LogP contribution is -2.20. The number of hydrogen-bond donors (Lipinski definition) is 3. The summed E-state index contributed by atoms with van der Waals surface area (Å²) in [7, 11) is 1.79. The maximum Gasteiger partial charge on any atom is 0.258 e. The Morgan fingerprint density at radius 1 is 1.18 bits per heavy atom. The van der Waals surface area contributed by atoms with Gasteiger partial charge in [-0.15, -0.1) is 0 Å². The highest BCUT2D eigenvalue weighted by atomic mass is 16.1. The number of fused-ring (bicyclic) bond motifs is 1. The fourth-order valence-electron chi connectivity index (χ4n) is 4.23. The van der Waals surface area contributed by atoms with E-state index >= 15 is 0 Å². The highest BCUT2D eigenvalue weighted by Crippen LogP contribution is 2.23. The molecule has 0 saturated carbocycles. The Hall–Kier alpha value is -4.20. The SMILES string of the molecule is CC1=CC(Nc2ccc3[nH]ncc3c2)=NC(CCc2cccc(NC(=O)c3cnn(C)c3)c2)C1. The van der Waals surface area contributed by atoms with Crippen LogP contribution in [-0.2, 0) is 13.5 Å². The molecule has 4 aromatic rings. The number of hydrogen-bond acceptors (Lipinski definition) is 5. The van der Waals surface area contributed by atoms with Crippen LogP contribution >= 0.6 is 0 Å². The van der Waals surface area contributed by atoms with E-state index in [0.717, 1.165) is 47.4 Å². The summed E-state index contributed by atoms with van der Waals surface area (Å²) in [6.07, 6.45) is 9.96. The van der Waals surface area contributed by atoms with Crippen molar-refractivity contribution in [2.75, 3.05) is 10.6 Å². The van der Waals surface area contributed by atoms with Crippen molar-refractivity contribution in [3.63, 3.8) is 0 Å². The summed E-state index contributed by atoms with van der Waals surface area (Å²) in [6.45, 7) is 2.15. The summed E-state index contributed by atoms with van der Waals surface area (Å²) in [5.41, 5.74) is 5.81. The van der Waals surface area contributed by atoms with Gasteiger partial charge < -0.3 is 10.6 Å². The first-order valence-corrected chi connectivity index (χ1v) is 11.4. The zero-order valence-corrected chi connectivity index (χ0v) is 19.2. The van der Waals surface area contributed by atoms with Gasteiger partial charge in [0, 0.05) is 30.0 Å². The largest absolute Gasteiger partial charge is 0.341 e. The second kappa shape index (κ2) is 9.35. The molecule has 1 atom stereocenters. The number of anilines is 2. The number of nitrogens with zero attached hydrogens (tertiary/aromatic N) is 4. The standard InChI is InChI=1S/C26H27N7O/c1-17-10-22(29-25(11-17)30-23-8-9-24-19(13-23)14-27-32-24)7-6-18-4-3-5-21(12-18)31-26(34)20-15-28-33(2)16-20/h3-5,8-9,11-16,22H,6-7,10H2,1-2H3,(H,27,32)(H,29,30)(H,31,34). The molecular weight excluding hydrogens is 426 g/mol. The minimum atomic E-state index is -0.160. The molecule has 1 unspecified atom stereocenters. The summed E-state index contributed by atoms with van der Waals surface area (Å²) in [5, 5.41) is 18.6. The van der Waals surface area contributed by atoms with E-state index in [9.17, 15) is 4.79 Å². The van der Waals surface area contributed by atoms with Crippen LogP contribution in [0.2, 0.25) is 0 Å². The number of aryl methyl sites for hydroxylation is 2. The molecule has 2 aromatic carbocycles. The average molecular weight is 454 g/mol. The second-order valence-electron chi connectivity index (χ2n) is 8.76. The Bertz CT molecular complexity index is 1390. The molecule has 5 rings (SSSR count). The van der Waals surface area contributed by atoms with Gasteiger partial charge in [-0.1, -0.05) is 17.7 Å². The molecule has 3 heterocycles. The lowest BCUT2D eigenvalue weighted by molar-refractivity contribution is 0.102. The van der Waals surface area contributed by atoms with Crippen LogP contribution in [0.25, 0.3) is 10.9 Å². The van der Waals surface area contributed by atoms with Gasteiger partial charge in [-0.3, -0.25) is 19.6 Å². The highest BCUT2D eigenvalue weighted by Gasteiger charge is 2.15. The summed E-state index contributed by atoms with van der Waals surface area (Å²) < 4.78 is 1.62. The van der Waals surface area contributed by atoms with E-state index in [1.165, 1.54) is 11.1 Å². The third-order valence-electron chi connectivity index (χ3n) is 5.89. The number of aliphatic imine (C=N–C) groups is 1. The van der Waals surface area contributed by atoms with Gasteiger partial charge in [-0.05, 0) is 68.2 Å². The molecule has 3 N–H and O–H groups in total. The van der Waals surface area contributed by atoms with Crippen molar-refractivity contribution in [2.45, 2.75) is 32.2 Å².